The number of pyridine rings is 1. The summed E-state index contributed by atoms with van der Waals surface area (Å²) in [6.07, 6.45) is 3.47. The van der Waals surface area contributed by atoms with Gasteiger partial charge in [-0.25, -0.2) is 4.98 Å². The topological polar surface area (TPSA) is 68.0 Å². The van der Waals surface area contributed by atoms with Crippen molar-refractivity contribution < 1.29 is 0 Å². The van der Waals surface area contributed by atoms with Crippen molar-refractivity contribution in [1.29, 1.82) is 0 Å². The van der Waals surface area contributed by atoms with Crippen LogP contribution in [0.2, 0.25) is 5.02 Å². The minimum atomic E-state index is 0.259. The zero-order chi connectivity index (χ0) is 19.0. The lowest BCUT2D eigenvalue weighted by atomic mass is 10.1. The fourth-order valence-corrected chi connectivity index (χ4v) is 2.93. The molecule has 0 saturated carbocycles. The molecule has 0 saturated heterocycles. The van der Waals surface area contributed by atoms with Gasteiger partial charge in [-0.2, -0.15) is 9.50 Å². The highest BCUT2D eigenvalue weighted by Gasteiger charge is 2.15. The number of rotatable bonds is 4. The van der Waals surface area contributed by atoms with E-state index in [1.807, 2.05) is 43.3 Å². The number of nitrogens with zero attached hydrogens (tertiary/aromatic N) is 5. The molecule has 6 nitrogen and oxygen atoms in total. The zero-order valence-corrected chi connectivity index (χ0v) is 16.1. The third-order valence-electron chi connectivity index (χ3n) is 4.31. The summed E-state index contributed by atoms with van der Waals surface area (Å²) >= 11 is 6.17. The van der Waals surface area contributed by atoms with Crippen molar-refractivity contribution in [1.82, 2.24) is 24.6 Å². The second-order valence-electron chi connectivity index (χ2n) is 6.69. The molecular weight excluding hydrogens is 360 g/mol. The summed E-state index contributed by atoms with van der Waals surface area (Å²) < 4.78 is 1.72. The van der Waals surface area contributed by atoms with Crippen LogP contribution in [0.4, 0.5) is 11.5 Å². The van der Waals surface area contributed by atoms with Gasteiger partial charge in [0.1, 0.15) is 5.82 Å². The average Bonchev–Trinajstić information content (AvgIpc) is 3.10. The Hall–Kier alpha value is -2.99. The van der Waals surface area contributed by atoms with E-state index in [0.717, 1.165) is 28.3 Å². The van der Waals surface area contributed by atoms with Gasteiger partial charge in [-0.05, 0) is 42.7 Å². The predicted octanol–water partition coefficient (Wildman–Crippen LogP) is 5.02. The van der Waals surface area contributed by atoms with E-state index in [9.17, 15) is 0 Å². The van der Waals surface area contributed by atoms with Crippen molar-refractivity contribution in [3.8, 4) is 11.4 Å². The number of aromatic nitrogens is 5. The molecule has 0 aliphatic rings. The SMILES string of the molecule is Cc1ccc(Cl)cc1Nc1cc(C(C)C)nc2nc(-c3cccnc3)nn12. The predicted molar refractivity (Wildman–Crippen MR) is 108 cm³/mol. The Morgan fingerprint density at radius 3 is 2.70 bits per heavy atom. The number of hydrogen-bond acceptors (Lipinski definition) is 5. The Morgan fingerprint density at radius 2 is 1.96 bits per heavy atom. The van der Waals surface area contributed by atoms with Gasteiger partial charge in [0.05, 0.1) is 5.69 Å². The normalized spacial score (nSPS) is 11.3. The smallest absolute Gasteiger partial charge is 0.254 e. The fraction of sp³-hybridized carbons (Fsp3) is 0.200. The number of halogens is 1. The van der Waals surface area contributed by atoms with Crippen molar-refractivity contribution in [2.24, 2.45) is 0 Å². The molecule has 0 unspecified atom stereocenters. The summed E-state index contributed by atoms with van der Waals surface area (Å²) in [5.41, 5.74) is 3.79. The first kappa shape index (κ1) is 17.4. The van der Waals surface area contributed by atoms with E-state index in [2.05, 4.69) is 39.2 Å². The fourth-order valence-electron chi connectivity index (χ4n) is 2.76. The molecule has 0 radical (unpaired) electrons. The first-order chi connectivity index (χ1) is 13.0. The quantitative estimate of drug-likeness (QED) is 0.540. The van der Waals surface area contributed by atoms with Gasteiger partial charge in [0.2, 0.25) is 0 Å². The van der Waals surface area contributed by atoms with E-state index >= 15 is 0 Å². The Labute approximate surface area is 162 Å². The Morgan fingerprint density at radius 1 is 1.11 bits per heavy atom. The molecule has 4 aromatic rings. The lowest BCUT2D eigenvalue weighted by Crippen LogP contribution is -2.05. The molecule has 3 aromatic heterocycles. The molecule has 27 heavy (non-hydrogen) atoms. The molecule has 7 heteroatoms. The highest BCUT2D eigenvalue weighted by molar-refractivity contribution is 6.30. The molecule has 0 amide bonds. The third-order valence-corrected chi connectivity index (χ3v) is 4.54. The first-order valence-corrected chi connectivity index (χ1v) is 9.10. The highest BCUT2D eigenvalue weighted by Crippen LogP contribution is 2.27. The van der Waals surface area contributed by atoms with Gasteiger partial charge >= 0.3 is 0 Å². The average molecular weight is 379 g/mol. The lowest BCUT2D eigenvalue weighted by molar-refractivity contribution is 0.809. The summed E-state index contributed by atoms with van der Waals surface area (Å²) in [4.78, 5) is 13.4. The number of hydrogen-bond donors (Lipinski definition) is 1. The van der Waals surface area contributed by atoms with Gasteiger partial charge in [-0.3, -0.25) is 4.98 Å². The van der Waals surface area contributed by atoms with Gasteiger partial charge in [0, 0.05) is 34.7 Å². The Bertz CT molecular complexity index is 1100. The summed E-state index contributed by atoms with van der Waals surface area (Å²) in [5.74, 6) is 2.18. The van der Waals surface area contributed by atoms with Crippen molar-refractivity contribution >= 4 is 28.9 Å². The molecule has 1 N–H and O–H groups in total. The van der Waals surface area contributed by atoms with Crippen LogP contribution >= 0.6 is 11.6 Å². The zero-order valence-electron chi connectivity index (χ0n) is 15.3. The first-order valence-electron chi connectivity index (χ1n) is 8.72. The van der Waals surface area contributed by atoms with E-state index in [4.69, 9.17) is 11.6 Å². The molecule has 0 aliphatic heterocycles. The van der Waals surface area contributed by atoms with Crippen LogP contribution in [0.25, 0.3) is 17.2 Å². The molecule has 0 spiro atoms. The van der Waals surface area contributed by atoms with Crippen LogP contribution in [0, 0.1) is 6.92 Å². The largest absolute Gasteiger partial charge is 0.340 e. The van der Waals surface area contributed by atoms with Crippen LogP contribution in [0.3, 0.4) is 0 Å². The maximum absolute atomic E-state index is 6.17. The summed E-state index contributed by atoms with van der Waals surface area (Å²) in [6.45, 7) is 6.24. The second kappa shape index (κ2) is 6.96. The van der Waals surface area contributed by atoms with Gasteiger partial charge < -0.3 is 5.32 Å². The monoisotopic (exact) mass is 378 g/mol. The lowest BCUT2D eigenvalue weighted by Gasteiger charge is -2.13. The molecule has 3 heterocycles. The maximum atomic E-state index is 6.17. The molecule has 0 aliphatic carbocycles. The molecule has 0 atom stereocenters. The van der Waals surface area contributed by atoms with E-state index in [1.165, 1.54) is 0 Å². The van der Waals surface area contributed by atoms with E-state index < -0.39 is 0 Å². The van der Waals surface area contributed by atoms with Gasteiger partial charge in [-0.15, -0.1) is 5.10 Å². The van der Waals surface area contributed by atoms with Gasteiger partial charge in [0.15, 0.2) is 5.82 Å². The molecule has 0 bridgehead atoms. The van der Waals surface area contributed by atoms with E-state index in [-0.39, 0.29) is 5.92 Å². The molecule has 4 rings (SSSR count). The van der Waals surface area contributed by atoms with Crippen molar-refractivity contribution in [3.05, 3.63) is 65.1 Å². The van der Waals surface area contributed by atoms with Crippen LogP contribution in [0.5, 0.6) is 0 Å². The molecule has 136 valence electrons. The summed E-state index contributed by atoms with van der Waals surface area (Å²) in [7, 11) is 0. The van der Waals surface area contributed by atoms with Crippen LogP contribution < -0.4 is 5.32 Å². The molecular formula is C20H19ClN6. The van der Waals surface area contributed by atoms with Crippen molar-refractivity contribution in [2.45, 2.75) is 26.7 Å². The van der Waals surface area contributed by atoms with Gasteiger partial charge in [-0.1, -0.05) is 31.5 Å². The second-order valence-corrected chi connectivity index (χ2v) is 7.13. The Balaban J connectivity index is 1.87. The minimum Gasteiger partial charge on any atom is -0.340 e. The van der Waals surface area contributed by atoms with Crippen molar-refractivity contribution in [2.75, 3.05) is 5.32 Å². The summed E-state index contributed by atoms with van der Waals surface area (Å²) in [6, 6.07) is 11.5. The van der Waals surface area contributed by atoms with Crippen LogP contribution in [0.1, 0.15) is 31.0 Å². The highest BCUT2D eigenvalue weighted by atomic mass is 35.5. The number of aryl methyl sites for hydroxylation is 1. The van der Waals surface area contributed by atoms with Crippen LogP contribution in [-0.2, 0) is 0 Å². The number of fused-ring (bicyclic) bond motifs is 1. The standard InChI is InChI=1S/C20H19ClN6/c1-12(2)16-10-18(23-17-9-15(21)7-6-13(17)3)27-20(24-16)25-19(26-27)14-5-4-8-22-11-14/h4-12,23H,1-3H3. The van der Waals surface area contributed by atoms with Crippen LogP contribution in [-0.4, -0.2) is 24.6 Å². The van der Waals surface area contributed by atoms with E-state index in [1.54, 1.807) is 16.9 Å². The molecule has 1 aromatic carbocycles. The minimum absolute atomic E-state index is 0.259. The van der Waals surface area contributed by atoms with E-state index in [0.29, 0.717) is 16.6 Å². The van der Waals surface area contributed by atoms with Crippen molar-refractivity contribution in [3.63, 3.8) is 0 Å². The molecule has 0 fully saturated rings. The number of benzene rings is 1. The number of nitrogens with one attached hydrogen (secondary N) is 1. The van der Waals surface area contributed by atoms with Crippen LogP contribution in [0.15, 0.2) is 48.8 Å². The number of anilines is 2. The Kier molecular flexibility index (Phi) is 4.49. The van der Waals surface area contributed by atoms with Gasteiger partial charge in [0.25, 0.3) is 5.78 Å². The summed E-state index contributed by atoms with van der Waals surface area (Å²) in [5, 5.41) is 8.75. The third kappa shape index (κ3) is 3.48. The maximum Gasteiger partial charge on any atom is 0.254 e.